The standard InChI is InChI=1S/C13H10N4/c1-2-5-11(6-3-1)7-8-12-15-16-13-14-9-4-10-17(12)13/h1-10H/b8-7-. The summed E-state index contributed by atoms with van der Waals surface area (Å²) in [5.74, 6) is 1.39. The molecule has 4 nitrogen and oxygen atoms in total. The third kappa shape index (κ3) is 1.92. The fourth-order valence-electron chi connectivity index (χ4n) is 1.61. The van der Waals surface area contributed by atoms with Crippen LogP contribution in [0.2, 0.25) is 0 Å². The maximum atomic E-state index is 4.11. The molecule has 0 bridgehead atoms. The normalized spacial score (nSPS) is 11.3. The summed E-state index contributed by atoms with van der Waals surface area (Å²) in [6.07, 6.45) is 7.53. The van der Waals surface area contributed by atoms with Crippen LogP contribution in [0, 0.1) is 0 Å². The fraction of sp³-hybridized carbons (Fsp3) is 0. The smallest absolute Gasteiger partial charge is 0.255 e. The predicted molar refractivity (Wildman–Crippen MR) is 66.2 cm³/mol. The zero-order valence-corrected chi connectivity index (χ0v) is 9.06. The zero-order valence-electron chi connectivity index (χ0n) is 9.06. The first-order valence-electron chi connectivity index (χ1n) is 5.32. The van der Waals surface area contributed by atoms with Crippen molar-refractivity contribution in [3.63, 3.8) is 0 Å². The summed E-state index contributed by atoms with van der Waals surface area (Å²) in [6, 6.07) is 11.9. The van der Waals surface area contributed by atoms with Gasteiger partial charge in [-0.2, -0.15) is 0 Å². The second kappa shape index (κ2) is 4.17. The molecule has 3 aromatic rings. The fourth-order valence-corrected chi connectivity index (χ4v) is 1.61. The molecule has 1 aromatic carbocycles. The molecule has 0 N–H and O–H groups in total. The van der Waals surface area contributed by atoms with Gasteiger partial charge >= 0.3 is 0 Å². The Kier molecular flexibility index (Phi) is 2.38. The summed E-state index contributed by atoms with van der Waals surface area (Å²) < 4.78 is 1.85. The second-order valence-corrected chi connectivity index (χ2v) is 3.59. The molecule has 2 heterocycles. The Morgan fingerprint density at radius 3 is 2.71 bits per heavy atom. The van der Waals surface area contributed by atoms with Crippen LogP contribution in [0.1, 0.15) is 11.4 Å². The van der Waals surface area contributed by atoms with Crippen LogP contribution in [0.5, 0.6) is 0 Å². The van der Waals surface area contributed by atoms with Crippen LogP contribution in [-0.4, -0.2) is 19.6 Å². The minimum absolute atomic E-state index is 0.611. The van der Waals surface area contributed by atoms with E-state index in [-0.39, 0.29) is 0 Å². The lowest BCUT2D eigenvalue weighted by atomic mass is 10.2. The van der Waals surface area contributed by atoms with Crippen molar-refractivity contribution in [1.82, 2.24) is 19.6 Å². The van der Waals surface area contributed by atoms with Crippen molar-refractivity contribution in [2.24, 2.45) is 0 Å². The van der Waals surface area contributed by atoms with E-state index in [9.17, 15) is 0 Å². The van der Waals surface area contributed by atoms with Gasteiger partial charge in [-0.3, -0.25) is 4.40 Å². The lowest BCUT2D eigenvalue weighted by Gasteiger charge is -1.93. The van der Waals surface area contributed by atoms with Gasteiger partial charge in [0.25, 0.3) is 5.78 Å². The van der Waals surface area contributed by atoms with E-state index in [0.717, 1.165) is 11.4 Å². The van der Waals surface area contributed by atoms with Crippen molar-refractivity contribution in [2.45, 2.75) is 0 Å². The quantitative estimate of drug-likeness (QED) is 0.668. The average Bonchev–Trinajstić information content (AvgIpc) is 2.81. The third-order valence-electron chi connectivity index (χ3n) is 2.44. The van der Waals surface area contributed by atoms with Crippen LogP contribution in [0.4, 0.5) is 0 Å². The third-order valence-corrected chi connectivity index (χ3v) is 2.44. The van der Waals surface area contributed by atoms with Crippen LogP contribution in [-0.2, 0) is 0 Å². The Bertz CT molecular complexity index is 655. The van der Waals surface area contributed by atoms with E-state index in [1.165, 1.54) is 0 Å². The van der Waals surface area contributed by atoms with Crippen LogP contribution in [0.15, 0.2) is 48.8 Å². The number of rotatable bonds is 2. The topological polar surface area (TPSA) is 43.1 Å². The van der Waals surface area contributed by atoms with Crippen LogP contribution < -0.4 is 0 Å². The highest BCUT2D eigenvalue weighted by Crippen LogP contribution is 2.06. The van der Waals surface area contributed by atoms with E-state index in [1.807, 2.05) is 59.1 Å². The Hall–Kier alpha value is -2.49. The number of fused-ring (bicyclic) bond motifs is 1. The predicted octanol–water partition coefficient (Wildman–Crippen LogP) is 2.29. The zero-order chi connectivity index (χ0) is 11.5. The van der Waals surface area contributed by atoms with Gasteiger partial charge in [-0.05, 0) is 17.7 Å². The maximum Gasteiger partial charge on any atom is 0.255 e. The van der Waals surface area contributed by atoms with Gasteiger partial charge < -0.3 is 0 Å². The van der Waals surface area contributed by atoms with E-state index in [1.54, 1.807) is 6.20 Å². The monoisotopic (exact) mass is 222 g/mol. The summed E-state index contributed by atoms with van der Waals surface area (Å²) in [5, 5.41) is 8.06. The molecular formula is C13H10N4. The van der Waals surface area contributed by atoms with Crippen LogP contribution in [0.3, 0.4) is 0 Å². The van der Waals surface area contributed by atoms with Crippen molar-refractivity contribution in [3.05, 3.63) is 60.2 Å². The van der Waals surface area contributed by atoms with Crippen LogP contribution in [0.25, 0.3) is 17.9 Å². The summed E-state index contributed by atoms with van der Waals surface area (Å²) >= 11 is 0. The molecule has 0 radical (unpaired) electrons. The van der Waals surface area contributed by atoms with Gasteiger partial charge in [0, 0.05) is 12.4 Å². The van der Waals surface area contributed by atoms with E-state index in [4.69, 9.17) is 0 Å². The van der Waals surface area contributed by atoms with Gasteiger partial charge in [-0.25, -0.2) is 4.98 Å². The van der Waals surface area contributed by atoms with Gasteiger partial charge in [0.05, 0.1) is 0 Å². The second-order valence-electron chi connectivity index (χ2n) is 3.59. The minimum atomic E-state index is 0.611. The minimum Gasteiger partial charge on any atom is -0.267 e. The summed E-state index contributed by atoms with van der Waals surface area (Å²) in [6.45, 7) is 0. The van der Waals surface area contributed by atoms with E-state index in [2.05, 4.69) is 15.2 Å². The van der Waals surface area contributed by atoms with Gasteiger partial charge in [-0.15, -0.1) is 10.2 Å². The van der Waals surface area contributed by atoms with Gasteiger partial charge in [0.15, 0.2) is 5.82 Å². The lowest BCUT2D eigenvalue weighted by molar-refractivity contribution is 1.08. The molecular weight excluding hydrogens is 212 g/mol. The molecule has 0 saturated carbocycles. The molecule has 0 unspecified atom stereocenters. The van der Waals surface area contributed by atoms with E-state index >= 15 is 0 Å². The molecule has 2 aromatic heterocycles. The van der Waals surface area contributed by atoms with E-state index in [0.29, 0.717) is 5.78 Å². The highest BCUT2D eigenvalue weighted by molar-refractivity contribution is 5.67. The summed E-state index contributed by atoms with van der Waals surface area (Å²) in [5.41, 5.74) is 1.13. The molecule has 0 aliphatic rings. The molecule has 3 rings (SSSR count). The first kappa shape index (κ1) is 9.72. The number of hydrogen-bond donors (Lipinski definition) is 0. The highest BCUT2D eigenvalue weighted by atomic mass is 15.3. The lowest BCUT2D eigenvalue weighted by Crippen LogP contribution is -1.88. The van der Waals surface area contributed by atoms with Crippen molar-refractivity contribution in [2.75, 3.05) is 0 Å². The Morgan fingerprint density at radius 2 is 1.82 bits per heavy atom. The largest absolute Gasteiger partial charge is 0.267 e. The summed E-state index contributed by atoms with van der Waals surface area (Å²) in [4.78, 5) is 4.11. The first-order valence-corrected chi connectivity index (χ1v) is 5.32. The number of aromatic nitrogens is 4. The molecule has 0 spiro atoms. The first-order chi connectivity index (χ1) is 8.43. The molecule has 0 amide bonds. The molecule has 82 valence electrons. The maximum absolute atomic E-state index is 4.11. The number of benzene rings is 1. The van der Waals surface area contributed by atoms with Crippen molar-refractivity contribution in [3.8, 4) is 0 Å². The molecule has 17 heavy (non-hydrogen) atoms. The van der Waals surface area contributed by atoms with Gasteiger partial charge in [-0.1, -0.05) is 36.4 Å². The van der Waals surface area contributed by atoms with Crippen LogP contribution >= 0.6 is 0 Å². The van der Waals surface area contributed by atoms with Crippen molar-refractivity contribution < 1.29 is 0 Å². The highest BCUT2D eigenvalue weighted by Gasteiger charge is 2.00. The molecule has 0 atom stereocenters. The Balaban J connectivity index is 1.98. The molecule has 0 aliphatic heterocycles. The van der Waals surface area contributed by atoms with Crippen molar-refractivity contribution >= 4 is 17.9 Å². The molecule has 0 fully saturated rings. The van der Waals surface area contributed by atoms with Crippen molar-refractivity contribution in [1.29, 1.82) is 0 Å². The molecule has 0 aliphatic carbocycles. The van der Waals surface area contributed by atoms with E-state index < -0.39 is 0 Å². The van der Waals surface area contributed by atoms with Gasteiger partial charge in [0.2, 0.25) is 0 Å². The molecule has 0 saturated heterocycles. The SMILES string of the molecule is C(=C/c1nnc2ncccn12)/c1ccccc1. The summed E-state index contributed by atoms with van der Waals surface area (Å²) in [7, 11) is 0. The number of nitrogens with zero attached hydrogens (tertiary/aromatic N) is 4. The Labute approximate surface area is 98.3 Å². The average molecular weight is 222 g/mol. The molecule has 4 heteroatoms. The number of hydrogen-bond acceptors (Lipinski definition) is 3. The van der Waals surface area contributed by atoms with Gasteiger partial charge in [0.1, 0.15) is 0 Å². The Morgan fingerprint density at radius 1 is 0.941 bits per heavy atom.